The van der Waals surface area contributed by atoms with Gasteiger partial charge in [0.05, 0.1) is 31.7 Å². The van der Waals surface area contributed by atoms with Crippen LogP contribution in [0.25, 0.3) is 0 Å². The van der Waals surface area contributed by atoms with Crippen molar-refractivity contribution in [3.63, 3.8) is 0 Å². The molecular formula is C14H21N3O4S. The Morgan fingerprint density at radius 1 is 1.36 bits per heavy atom. The molecule has 1 aliphatic rings. The first-order chi connectivity index (χ1) is 10.4. The van der Waals surface area contributed by atoms with Gasteiger partial charge in [-0.2, -0.15) is 0 Å². The smallest absolute Gasteiger partial charge is 0.257 e. The van der Waals surface area contributed by atoms with Gasteiger partial charge < -0.3 is 4.74 Å². The largest absolute Gasteiger partial charge is 0.378 e. The van der Waals surface area contributed by atoms with E-state index in [9.17, 15) is 13.2 Å². The predicted octanol–water partition coefficient (Wildman–Crippen LogP) is 0.124. The summed E-state index contributed by atoms with van der Waals surface area (Å²) in [5.74, 6) is -0.306. The van der Waals surface area contributed by atoms with Gasteiger partial charge in [-0.1, -0.05) is 18.2 Å². The first-order valence-electron chi connectivity index (χ1n) is 7.04. The summed E-state index contributed by atoms with van der Waals surface area (Å²) in [6.45, 7) is 3.45. The minimum Gasteiger partial charge on any atom is -0.378 e. The number of ether oxygens (including phenoxy) is 1. The molecule has 1 fully saturated rings. The van der Waals surface area contributed by atoms with Crippen molar-refractivity contribution in [2.45, 2.75) is 6.92 Å². The molecule has 1 saturated heterocycles. The Morgan fingerprint density at radius 3 is 2.77 bits per heavy atom. The third kappa shape index (κ3) is 4.19. The Hall–Kier alpha value is -1.64. The Bertz CT molecular complexity index is 625. The highest BCUT2D eigenvalue weighted by Gasteiger charge is 2.25. The fourth-order valence-corrected chi connectivity index (χ4v) is 3.14. The summed E-state index contributed by atoms with van der Waals surface area (Å²) in [5, 5.41) is 1.42. The van der Waals surface area contributed by atoms with Crippen LogP contribution in [0.5, 0.6) is 0 Å². The van der Waals surface area contributed by atoms with E-state index in [2.05, 4.69) is 5.43 Å². The van der Waals surface area contributed by atoms with E-state index in [0.29, 0.717) is 32.0 Å². The van der Waals surface area contributed by atoms with Gasteiger partial charge in [0.2, 0.25) is 10.0 Å². The van der Waals surface area contributed by atoms with Crippen LogP contribution in [0, 0.1) is 6.92 Å². The number of nitrogens with one attached hydrogen (secondary N) is 1. The molecule has 0 spiro atoms. The Labute approximate surface area is 130 Å². The maximum Gasteiger partial charge on any atom is 0.257 e. The van der Waals surface area contributed by atoms with Crippen LogP contribution in [-0.4, -0.2) is 58.4 Å². The van der Waals surface area contributed by atoms with E-state index in [1.54, 1.807) is 12.1 Å². The molecule has 7 nitrogen and oxygen atoms in total. The van der Waals surface area contributed by atoms with Crippen LogP contribution in [0.2, 0.25) is 0 Å². The summed E-state index contributed by atoms with van der Waals surface area (Å²) in [5.41, 5.74) is 4.26. The molecule has 0 radical (unpaired) electrons. The highest BCUT2D eigenvalue weighted by Crippen LogP contribution is 2.21. The molecule has 0 unspecified atom stereocenters. The van der Waals surface area contributed by atoms with Crippen molar-refractivity contribution in [3.05, 3.63) is 29.8 Å². The van der Waals surface area contributed by atoms with E-state index < -0.39 is 10.0 Å². The van der Waals surface area contributed by atoms with Gasteiger partial charge in [-0.3, -0.25) is 14.1 Å². The summed E-state index contributed by atoms with van der Waals surface area (Å²) < 4.78 is 30.6. The number of hydrazine groups is 1. The number of sulfonamides is 1. The molecule has 0 aliphatic carbocycles. The van der Waals surface area contributed by atoms with Crippen LogP contribution >= 0.6 is 0 Å². The Morgan fingerprint density at radius 2 is 2.09 bits per heavy atom. The van der Waals surface area contributed by atoms with Crippen molar-refractivity contribution >= 4 is 21.6 Å². The summed E-state index contributed by atoms with van der Waals surface area (Å²) in [7, 11) is -3.56. The molecule has 1 aliphatic heterocycles. The molecule has 1 aromatic rings. The molecule has 1 amide bonds. The molecule has 0 saturated carbocycles. The summed E-state index contributed by atoms with van der Waals surface area (Å²) in [4.78, 5) is 12.4. The molecular weight excluding hydrogens is 306 g/mol. The lowest BCUT2D eigenvalue weighted by atomic mass is 10.2. The zero-order valence-corrected chi connectivity index (χ0v) is 13.6. The third-order valence-corrected chi connectivity index (χ3v) is 4.50. The number of carbonyl (C=O) groups is 1. The van der Waals surface area contributed by atoms with Crippen LogP contribution < -0.4 is 9.73 Å². The molecule has 1 heterocycles. The lowest BCUT2D eigenvalue weighted by Crippen LogP contribution is -2.49. The van der Waals surface area contributed by atoms with Crippen molar-refractivity contribution < 1.29 is 17.9 Å². The second-order valence-electron chi connectivity index (χ2n) is 5.12. The van der Waals surface area contributed by atoms with E-state index in [0.717, 1.165) is 16.1 Å². The number of aryl methyl sites for hydroxylation is 1. The standard InChI is InChI=1S/C14H21N3O4S/c1-12-5-3-4-6-13(12)17(22(2,19)20)11-14(18)16-8-10-21-9-7-15-16/h3-6,15H,7-11H2,1-2H3. The molecule has 0 aromatic heterocycles. The number of hydrogen-bond acceptors (Lipinski definition) is 5. The predicted molar refractivity (Wildman–Crippen MR) is 83.9 cm³/mol. The van der Waals surface area contributed by atoms with Crippen LogP contribution in [0.4, 0.5) is 5.69 Å². The summed E-state index contributed by atoms with van der Waals surface area (Å²) >= 11 is 0. The fraction of sp³-hybridized carbons (Fsp3) is 0.500. The third-order valence-electron chi connectivity index (χ3n) is 3.37. The summed E-state index contributed by atoms with van der Waals surface area (Å²) in [6, 6.07) is 7.09. The number of benzene rings is 1. The van der Waals surface area contributed by atoms with Gasteiger partial charge in [-0.05, 0) is 18.6 Å². The average molecular weight is 327 g/mol. The molecule has 8 heteroatoms. The van der Waals surface area contributed by atoms with Gasteiger partial charge in [0.1, 0.15) is 6.54 Å². The molecule has 122 valence electrons. The Balaban J connectivity index is 2.21. The van der Waals surface area contributed by atoms with Crippen LogP contribution in [0.1, 0.15) is 5.56 Å². The van der Waals surface area contributed by atoms with Gasteiger partial charge in [0.25, 0.3) is 5.91 Å². The number of rotatable bonds is 4. The van der Waals surface area contributed by atoms with Crippen molar-refractivity contribution in [2.75, 3.05) is 43.4 Å². The molecule has 2 rings (SSSR count). The second kappa shape index (κ2) is 7.08. The molecule has 0 atom stereocenters. The zero-order chi connectivity index (χ0) is 16.2. The number of anilines is 1. The van der Waals surface area contributed by atoms with Gasteiger partial charge in [0.15, 0.2) is 0 Å². The lowest BCUT2D eigenvalue weighted by Gasteiger charge is -2.27. The molecule has 0 bridgehead atoms. The lowest BCUT2D eigenvalue weighted by molar-refractivity contribution is -0.132. The highest BCUT2D eigenvalue weighted by atomic mass is 32.2. The van der Waals surface area contributed by atoms with Gasteiger partial charge in [-0.15, -0.1) is 0 Å². The summed E-state index contributed by atoms with van der Waals surface area (Å²) in [6.07, 6.45) is 1.10. The quantitative estimate of drug-likeness (QED) is 0.850. The highest BCUT2D eigenvalue weighted by molar-refractivity contribution is 7.92. The first kappa shape index (κ1) is 16.7. The maximum absolute atomic E-state index is 12.4. The Kier molecular flexibility index (Phi) is 5.38. The van der Waals surface area contributed by atoms with Crippen molar-refractivity contribution in [2.24, 2.45) is 0 Å². The minimum atomic E-state index is -3.56. The van der Waals surface area contributed by atoms with E-state index in [-0.39, 0.29) is 12.5 Å². The average Bonchev–Trinajstić information content (AvgIpc) is 2.73. The van der Waals surface area contributed by atoms with E-state index in [4.69, 9.17) is 4.74 Å². The monoisotopic (exact) mass is 327 g/mol. The fourth-order valence-electron chi connectivity index (χ4n) is 2.24. The van der Waals surface area contributed by atoms with Gasteiger partial charge in [0, 0.05) is 6.54 Å². The van der Waals surface area contributed by atoms with E-state index in [1.807, 2.05) is 19.1 Å². The molecule has 22 heavy (non-hydrogen) atoms. The van der Waals surface area contributed by atoms with Gasteiger partial charge in [-0.25, -0.2) is 13.8 Å². The number of hydrogen-bond donors (Lipinski definition) is 1. The van der Waals surface area contributed by atoms with Crippen LogP contribution in [-0.2, 0) is 19.6 Å². The van der Waals surface area contributed by atoms with Crippen molar-refractivity contribution in [3.8, 4) is 0 Å². The van der Waals surface area contributed by atoms with Gasteiger partial charge >= 0.3 is 0 Å². The van der Waals surface area contributed by atoms with Crippen molar-refractivity contribution in [1.29, 1.82) is 0 Å². The normalized spacial score (nSPS) is 16.2. The number of carbonyl (C=O) groups excluding carboxylic acids is 1. The number of nitrogens with zero attached hydrogens (tertiary/aromatic N) is 2. The van der Waals surface area contributed by atoms with E-state index >= 15 is 0 Å². The topological polar surface area (TPSA) is 79.0 Å². The zero-order valence-electron chi connectivity index (χ0n) is 12.8. The first-order valence-corrected chi connectivity index (χ1v) is 8.89. The molecule has 1 N–H and O–H groups in total. The minimum absolute atomic E-state index is 0.239. The van der Waals surface area contributed by atoms with E-state index in [1.165, 1.54) is 5.01 Å². The van der Waals surface area contributed by atoms with Crippen LogP contribution in [0.15, 0.2) is 24.3 Å². The maximum atomic E-state index is 12.4. The number of para-hydroxylation sites is 1. The SMILES string of the molecule is Cc1ccccc1N(CC(=O)N1CCOCCN1)S(C)(=O)=O. The second-order valence-corrected chi connectivity index (χ2v) is 7.03. The number of amides is 1. The molecule has 1 aromatic carbocycles. The van der Waals surface area contributed by atoms with Crippen molar-refractivity contribution in [1.82, 2.24) is 10.4 Å². The van der Waals surface area contributed by atoms with Crippen LogP contribution in [0.3, 0.4) is 0 Å².